The van der Waals surface area contributed by atoms with E-state index in [4.69, 9.17) is 0 Å². The molecule has 102 valence electrons. The second-order valence-electron chi connectivity index (χ2n) is 4.66. The summed E-state index contributed by atoms with van der Waals surface area (Å²) in [5.74, 6) is 0.666. The Hall–Kier alpha value is -1.91. The fourth-order valence-electron chi connectivity index (χ4n) is 2.20. The van der Waals surface area contributed by atoms with Gasteiger partial charge in [-0.25, -0.2) is 9.97 Å². The molecule has 1 aliphatic rings. The summed E-state index contributed by atoms with van der Waals surface area (Å²) in [6.45, 7) is 6.03. The predicted molar refractivity (Wildman–Crippen MR) is 75.2 cm³/mol. The van der Waals surface area contributed by atoms with Gasteiger partial charge in [0.05, 0.1) is 0 Å². The van der Waals surface area contributed by atoms with E-state index in [9.17, 15) is 4.79 Å². The molecule has 0 atom stereocenters. The van der Waals surface area contributed by atoms with Crippen LogP contribution < -0.4 is 10.2 Å². The third-order valence-electron chi connectivity index (χ3n) is 3.22. The molecule has 1 N–H and O–H groups in total. The first kappa shape index (κ1) is 13.5. The smallest absolute Gasteiger partial charge is 0.270 e. The van der Waals surface area contributed by atoms with Gasteiger partial charge in [0.25, 0.3) is 5.91 Å². The molecule has 0 unspecified atom stereocenters. The zero-order valence-corrected chi connectivity index (χ0v) is 11.1. The molecule has 0 bridgehead atoms. The molecule has 5 heteroatoms. The Labute approximate surface area is 113 Å². The number of nitrogens with zero attached hydrogens (tertiary/aromatic N) is 3. The highest BCUT2D eigenvalue weighted by atomic mass is 16.1. The SMILES string of the molecule is C=CCNC(=O)c1cc(N2CCCCCC2)ncn1. The summed E-state index contributed by atoms with van der Waals surface area (Å²) in [5, 5.41) is 2.73. The van der Waals surface area contributed by atoms with Crippen LogP contribution in [0.15, 0.2) is 25.0 Å². The van der Waals surface area contributed by atoms with Crippen molar-refractivity contribution in [2.45, 2.75) is 25.7 Å². The molecule has 1 fully saturated rings. The first-order valence-corrected chi connectivity index (χ1v) is 6.77. The minimum Gasteiger partial charge on any atom is -0.357 e. The van der Waals surface area contributed by atoms with Gasteiger partial charge in [-0.3, -0.25) is 4.79 Å². The van der Waals surface area contributed by atoms with Crippen molar-refractivity contribution in [2.24, 2.45) is 0 Å². The van der Waals surface area contributed by atoms with Crippen molar-refractivity contribution >= 4 is 11.7 Å². The third kappa shape index (κ3) is 3.77. The van der Waals surface area contributed by atoms with Crippen molar-refractivity contribution < 1.29 is 4.79 Å². The molecular formula is C14H20N4O. The lowest BCUT2D eigenvalue weighted by Gasteiger charge is -2.21. The molecule has 19 heavy (non-hydrogen) atoms. The van der Waals surface area contributed by atoms with Crippen LogP contribution >= 0.6 is 0 Å². The maximum atomic E-state index is 11.8. The molecule has 5 nitrogen and oxygen atoms in total. The van der Waals surface area contributed by atoms with Crippen LogP contribution in [-0.4, -0.2) is 35.5 Å². The van der Waals surface area contributed by atoms with Gasteiger partial charge in [-0.2, -0.15) is 0 Å². The van der Waals surface area contributed by atoms with Crippen LogP contribution in [0.2, 0.25) is 0 Å². The van der Waals surface area contributed by atoms with E-state index >= 15 is 0 Å². The molecule has 2 heterocycles. The number of amides is 1. The molecule has 0 radical (unpaired) electrons. The molecule has 1 amide bonds. The number of hydrogen-bond donors (Lipinski definition) is 1. The summed E-state index contributed by atoms with van der Waals surface area (Å²) in [6.07, 6.45) is 8.02. The van der Waals surface area contributed by atoms with E-state index in [0.29, 0.717) is 12.2 Å². The van der Waals surface area contributed by atoms with Crippen molar-refractivity contribution in [3.8, 4) is 0 Å². The Morgan fingerprint density at radius 2 is 2.05 bits per heavy atom. The van der Waals surface area contributed by atoms with Crippen molar-refractivity contribution in [3.05, 3.63) is 30.7 Å². The minimum absolute atomic E-state index is 0.182. The number of anilines is 1. The Bertz CT molecular complexity index is 439. The number of carbonyl (C=O) groups excluding carboxylic acids is 1. The van der Waals surface area contributed by atoms with Crippen LogP contribution in [0.3, 0.4) is 0 Å². The van der Waals surface area contributed by atoms with Crippen molar-refractivity contribution in [1.82, 2.24) is 15.3 Å². The second-order valence-corrected chi connectivity index (χ2v) is 4.66. The molecule has 1 aliphatic heterocycles. The summed E-state index contributed by atoms with van der Waals surface area (Å²) >= 11 is 0. The molecule has 1 aromatic heterocycles. The van der Waals surface area contributed by atoms with Gasteiger partial charge in [0.2, 0.25) is 0 Å². The zero-order valence-electron chi connectivity index (χ0n) is 11.1. The van der Waals surface area contributed by atoms with Crippen LogP contribution in [0.1, 0.15) is 36.2 Å². The Morgan fingerprint density at radius 3 is 2.74 bits per heavy atom. The zero-order chi connectivity index (χ0) is 13.5. The van der Waals surface area contributed by atoms with Gasteiger partial charge >= 0.3 is 0 Å². The van der Waals surface area contributed by atoms with E-state index in [1.807, 2.05) is 0 Å². The van der Waals surface area contributed by atoms with Crippen LogP contribution in [0.4, 0.5) is 5.82 Å². The van der Waals surface area contributed by atoms with Crippen LogP contribution in [-0.2, 0) is 0 Å². The highest BCUT2D eigenvalue weighted by molar-refractivity contribution is 5.92. The Morgan fingerprint density at radius 1 is 1.32 bits per heavy atom. The van der Waals surface area contributed by atoms with E-state index in [1.54, 1.807) is 12.1 Å². The highest BCUT2D eigenvalue weighted by Gasteiger charge is 2.14. The predicted octanol–water partition coefficient (Wildman–Crippen LogP) is 1.77. The van der Waals surface area contributed by atoms with Gasteiger partial charge < -0.3 is 10.2 Å². The third-order valence-corrected chi connectivity index (χ3v) is 3.22. The van der Waals surface area contributed by atoms with Gasteiger partial charge in [-0.1, -0.05) is 18.9 Å². The van der Waals surface area contributed by atoms with Gasteiger partial charge in [0.1, 0.15) is 17.8 Å². The van der Waals surface area contributed by atoms with E-state index in [-0.39, 0.29) is 5.91 Å². The van der Waals surface area contributed by atoms with Gasteiger partial charge in [-0.15, -0.1) is 6.58 Å². The lowest BCUT2D eigenvalue weighted by Crippen LogP contribution is -2.27. The number of rotatable bonds is 4. The molecule has 0 spiro atoms. The molecule has 0 aromatic carbocycles. The molecule has 0 aliphatic carbocycles. The van der Waals surface area contributed by atoms with Gasteiger partial charge in [-0.05, 0) is 12.8 Å². The summed E-state index contributed by atoms with van der Waals surface area (Å²) in [6, 6.07) is 1.77. The Balaban J connectivity index is 2.09. The van der Waals surface area contributed by atoms with Gasteiger partial charge in [0.15, 0.2) is 0 Å². The standard InChI is InChI=1S/C14H20N4O/c1-2-7-15-14(19)12-10-13(17-11-16-12)18-8-5-3-4-6-9-18/h2,10-11H,1,3-9H2,(H,15,19). The maximum absolute atomic E-state index is 11.8. The molecule has 1 aromatic rings. The lowest BCUT2D eigenvalue weighted by molar-refractivity contribution is 0.0953. The van der Waals surface area contributed by atoms with Crippen molar-refractivity contribution in [2.75, 3.05) is 24.5 Å². The van der Waals surface area contributed by atoms with E-state index in [1.165, 1.54) is 32.0 Å². The number of carbonyl (C=O) groups is 1. The lowest BCUT2D eigenvalue weighted by atomic mass is 10.2. The highest BCUT2D eigenvalue weighted by Crippen LogP contribution is 2.17. The largest absolute Gasteiger partial charge is 0.357 e. The van der Waals surface area contributed by atoms with E-state index < -0.39 is 0 Å². The van der Waals surface area contributed by atoms with Crippen LogP contribution in [0.25, 0.3) is 0 Å². The number of hydrogen-bond acceptors (Lipinski definition) is 4. The molecule has 0 saturated carbocycles. The average Bonchev–Trinajstić information content (AvgIpc) is 2.74. The summed E-state index contributed by atoms with van der Waals surface area (Å²) < 4.78 is 0. The molecular weight excluding hydrogens is 240 g/mol. The second kappa shape index (κ2) is 6.87. The van der Waals surface area contributed by atoms with E-state index in [2.05, 4.69) is 26.8 Å². The quantitative estimate of drug-likeness (QED) is 0.838. The number of aromatic nitrogens is 2. The Kier molecular flexibility index (Phi) is 4.89. The summed E-state index contributed by atoms with van der Waals surface area (Å²) in [4.78, 5) is 22.4. The monoisotopic (exact) mass is 260 g/mol. The van der Waals surface area contributed by atoms with Crippen molar-refractivity contribution in [3.63, 3.8) is 0 Å². The molecule has 1 saturated heterocycles. The first-order chi connectivity index (χ1) is 9.31. The van der Waals surface area contributed by atoms with E-state index in [0.717, 1.165) is 18.9 Å². The molecule has 2 rings (SSSR count). The topological polar surface area (TPSA) is 58.1 Å². The average molecular weight is 260 g/mol. The fourth-order valence-corrected chi connectivity index (χ4v) is 2.20. The number of nitrogens with one attached hydrogen (secondary N) is 1. The fraction of sp³-hybridized carbons (Fsp3) is 0.500. The van der Waals surface area contributed by atoms with Crippen LogP contribution in [0.5, 0.6) is 0 Å². The van der Waals surface area contributed by atoms with Crippen molar-refractivity contribution in [1.29, 1.82) is 0 Å². The summed E-state index contributed by atoms with van der Waals surface area (Å²) in [5.41, 5.74) is 0.413. The normalized spacial score (nSPS) is 15.7. The van der Waals surface area contributed by atoms with Gasteiger partial charge in [0, 0.05) is 25.7 Å². The summed E-state index contributed by atoms with van der Waals surface area (Å²) in [7, 11) is 0. The first-order valence-electron chi connectivity index (χ1n) is 6.77. The van der Waals surface area contributed by atoms with Crippen LogP contribution in [0, 0.1) is 0 Å². The maximum Gasteiger partial charge on any atom is 0.270 e. The minimum atomic E-state index is -0.182.